The van der Waals surface area contributed by atoms with Crippen LogP contribution in [-0.4, -0.2) is 43.0 Å². The molecule has 5 heteroatoms. The molecule has 5 nitrogen and oxygen atoms in total. The first kappa shape index (κ1) is 19.0. The quantitative estimate of drug-likeness (QED) is 0.855. The molecule has 1 aliphatic heterocycles. The molecule has 1 fully saturated rings. The minimum absolute atomic E-state index is 0.0691. The molecule has 0 spiro atoms. The van der Waals surface area contributed by atoms with Gasteiger partial charge >= 0.3 is 6.03 Å². The van der Waals surface area contributed by atoms with Gasteiger partial charge in [-0.1, -0.05) is 60.7 Å². The second-order valence-corrected chi connectivity index (χ2v) is 6.88. The van der Waals surface area contributed by atoms with Crippen LogP contribution in [0.5, 0.6) is 0 Å². The third kappa shape index (κ3) is 4.67. The van der Waals surface area contributed by atoms with Gasteiger partial charge in [0.2, 0.25) is 5.91 Å². The zero-order valence-corrected chi connectivity index (χ0v) is 15.7. The van der Waals surface area contributed by atoms with Crippen molar-refractivity contribution in [2.75, 3.05) is 20.1 Å². The molecule has 27 heavy (non-hydrogen) atoms. The number of likely N-dealkylation sites (tertiary alicyclic amines) is 1. The Morgan fingerprint density at radius 2 is 1.59 bits per heavy atom. The Labute approximate surface area is 160 Å². The van der Waals surface area contributed by atoms with Crippen molar-refractivity contribution in [2.24, 2.45) is 0 Å². The summed E-state index contributed by atoms with van der Waals surface area (Å²) in [5, 5.41) is 5.74. The van der Waals surface area contributed by atoms with Crippen LogP contribution in [0.1, 0.15) is 36.3 Å². The Morgan fingerprint density at radius 1 is 1.00 bits per heavy atom. The number of piperidine rings is 1. The number of carbonyl (C=O) groups is 2. The molecule has 1 aliphatic rings. The zero-order chi connectivity index (χ0) is 19.1. The molecule has 1 atom stereocenters. The predicted molar refractivity (Wildman–Crippen MR) is 107 cm³/mol. The Morgan fingerprint density at radius 3 is 2.15 bits per heavy atom. The monoisotopic (exact) mass is 365 g/mol. The third-order valence-electron chi connectivity index (χ3n) is 5.17. The predicted octanol–water partition coefficient (Wildman–Crippen LogP) is 3.13. The van der Waals surface area contributed by atoms with Gasteiger partial charge in [0.1, 0.15) is 6.04 Å². The normalized spacial score (nSPS) is 16.8. The number of rotatable bonds is 5. The topological polar surface area (TPSA) is 61.4 Å². The van der Waals surface area contributed by atoms with E-state index in [9.17, 15) is 9.59 Å². The molecular formula is C22H27N3O2. The number of urea groups is 1. The van der Waals surface area contributed by atoms with E-state index in [2.05, 4.69) is 34.9 Å². The van der Waals surface area contributed by atoms with Gasteiger partial charge < -0.3 is 15.5 Å². The molecule has 3 rings (SSSR count). The summed E-state index contributed by atoms with van der Waals surface area (Å²) in [6.45, 7) is 1.11. The number of benzene rings is 2. The van der Waals surface area contributed by atoms with Crippen LogP contribution in [-0.2, 0) is 4.79 Å². The number of hydrogen-bond donors (Lipinski definition) is 2. The minimum atomic E-state index is -0.379. The van der Waals surface area contributed by atoms with Crippen LogP contribution < -0.4 is 10.6 Å². The van der Waals surface area contributed by atoms with Gasteiger partial charge in [0, 0.05) is 26.1 Å². The zero-order valence-electron chi connectivity index (χ0n) is 15.7. The van der Waals surface area contributed by atoms with Crippen LogP contribution >= 0.6 is 0 Å². The van der Waals surface area contributed by atoms with Crippen LogP contribution in [0.15, 0.2) is 60.7 Å². The second kappa shape index (κ2) is 9.21. The van der Waals surface area contributed by atoms with Crippen molar-refractivity contribution in [2.45, 2.75) is 31.2 Å². The highest BCUT2D eigenvalue weighted by molar-refractivity contribution is 5.87. The van der Waals surface area contributed by atoms with Crippen LogP contribution in [0, 0.1) is 0 Å². The van der Waals surface area contributed by atoms with Crippen LogP contribution in [0.3, 0.4) is 0 Å². The van der Waals surface area contributed by atoms with Crippen LogP contribution in [0.25, 0.3) is 0 Å². The summed E-state index contributed by atoms with van der Waals surface area (Å²) in [6, 6.07) is 19.8. The van der Waals surface area contributed by atoms with Gasteiger partial charge in [-0.05, 0) is 30.4 Å². The summed E-state index contributed by atoms with van der Waals surface area (Å²) in [7, 11) is 1.62. The maximum Gasteiger partial charge on any atom is 0.318 e. The molecule has 0 saturated carbocycles. The van der Waals surface area contributed by atoms with E-state index in [1.165, 1.54) is 0 Å². The average Bonchev–Trinajstić information content (AvgIpc) is 2.74. The van der Waals surface area contributed by atoms with Gasteiger partial charge in [-0.3, -0.25) is 4.79 Å². The van der Waals surface area contributed by atoms with Gasteiger partial charge in [0.25, 0.3) is 0 Å². The van der Waals surface area contributed by atoms with E-state index in [1.54, 1.807) is 11.9 Å². The fraction of sp³-hybridized carbons (Fsp3) is 0.364. The molecule has 2 N–H and O–H groups in total. The summed E-state index contributed by atoms with van der Waals surface area (Å²) < 4.78 is 0. The summed E-state index contributed by atoms with van der Waals surface area (Å²) in [5.41, 5.74) is 2.32. The molecule has 0 aliphatic carbocycles. The molecule has 1 unspecified atom stereocenters. The Kier molecular flexibility index (Phi) is 6.47. The highest BCUT2D eigenvalue weighted by atomic mass is 16.2. The van der Waals surface area contributed by atoms with E-state index < -0.39 is 0 Å². The van der Waals surface area contributed by atoms with Crippen molar-refractivity contribution in [3.8, 4) is 0 Å². The number of hydrogen-bond acceptors (Lipinski definition) is 2. The van der Waals surface area contributed by atoms with E-state index in [4.69, 9.17) is 0 Å². The molecule has 2 aromatic carbocycles. The number of nitrogens with one attached hydrogen (secondary N) is 2. The SMILES string of the molecule is CNC(=O)C1CCCCN1C(=O)NCC(c1ccccc1)c1ccccc1. The number of nitrogens with zero attached hydrogens (tertiary/aromatic N) is 1. The van der Waals surface area contributed by atoms with Gasteiger partial charge in [-0.15, -0.1) is 0 Å². The lowest BCUT2D eigenvalue weighted by Gasteiger charge is -2.34. The largest absolute Gasteiger partial charge is 0.357 e. The van der Waals surface area contributed by atoms with Crippen LogP contribution in [0.2, 0.25) is 0 Å². The van der Waals surface area contributed by atoms with Crippen molar-refractivity contribution in [1.29, 1.82) is 0 Å². The molecule has 1 saturated heterocycles. The lowest BCUT2D eigenvalue weighted by Crippen LogP contribution is -2.54. The molecule has 0 radical (unpaired) electrons. The highest BCUT2D eigenvalue weighted by Crippen LogP contribution is 2.24. The van der Waals surface area contributed by atoms with Gasteiger partial charge in [0.15, 0.2) is 0 Å². The first-order valence-corrected chi connectivity index (χ1v) is 9.56. The van der Waals surface area contributed by atoms with Crippen molar-refractivity contribution in [3.05, 3.63) is 71.8 Å². The lowest BCUT2D eigenvalue weighted by molar-refractivity contribution is -0.125. The van der Waals surface area contributed by atoms with E-state index in [-0.39, 0.29) is 23.9 Å². The summed E-state index contributed by atoms with van der Waals surface area (Å²) in [6.07, 6.45) is 2.62. The second-order valence-electron chi connectivity index (χ2n) is 6.88. The molecular weight excluding hydrogens is 338 g/mol. The van der Waals surface area contributed by atoms with E-state index >= 15 is 0 Å². The Bertz CT molecular complexity index is 709. The third-order valence-corrected chi connectivity index (χ3v) is 5.17. The van der Waals surface area contributed by atoms with E-state index in [0.717, 1.165) is 24.0 Å². The number of amides is 3. The van der Waals surface area contributed by atoms with Crippen LogP contribution in [0.4, 0.5) is 4.79 Å². The van der Waals surface area contributed by atoms with E-state index in [0.29, 0.717) is 19.5 Å². The summed E-state index contributed by atoms with van der Waals surface area (Å²) in [4.78, 5) is 26.6. The van der Waals surface area contributed by atoms with Crippen molar-refractivity contribution >= 4 is 11.9 Å². The van der Waals surface area contributed by atoms with Crippen molar-refractivity contribution in [1.82, 2.24) is 15.5 Å². The van der Waals surface area contributed by atoms with Crippen molar-refractivity contribution in [3.63, 3.8) is 0 Å². The van der Waals surface area contributed by atoms with Gasteiger partial charge in [-0.25, -0.2) is 4.79 Å². The molecule has 3 amide bonds. The average molecular weight is 365 g/mol. The fourth-order valence-corrected chi connectivity index (χ4v) is 3.70. The number of carbonyl (C=O) groups excluding carboxylic acids is 2. The summed E-state index contributed by atoms with van der Waals surface area (Å²) >= 11 is 0. The maximum absolute atomic E-state index is 12.8. The maximum atomic E-state index is 12.8. The smallest absolute Gasteiger partial charge is 0.318 e. The van der Waals surface area contributed by atoms with Crippen molar-refractivity contribution < 1.29 is 9.59 Å². The summed E-state index contributed by atoms with van der Waals surface area (Å²) in [5.74, 6) is -0.0212. The fourth-order valence-electron chi connectivity index (χ4n) is 3.70. The molecule has 142 valence electrons. The molecule has 1 heterocycles. The minimum Gasteiger partial charge on any atom is -0.357 e. The molecule has 0 aromatic heterocycles. The Hall–Kier alpha value is -2.82. The van der Waals surface area contributed by atoms with Gasteiger partial charge in [-0.2, -0.15) is 0 Å². The standard InChI is InChI=1S/C22H27N3O2/c1-23-21(26)20-14-8-9-15-25(20)22(27)24-16-19(17-10-4-2-5-11-17)18-12-6-3-7-13-18/h2-7,10-13,19-20H,8-9,14-16H2,1H3,(H,23,26)(H,24,27). The Balaban J connectivity index is 1.73. The van der Waals surface area contributed by atoms with Gasteiger partial charge in [0.05, 0.1) is 0 Å². The first-order valence-electron chi connectivity index (χ1n) is 9.56. The lowest BCUT2D eigenvalue weighted by atomic mass is 9.91. The highest BCUT2D eigenvalue weighted by Gasteiger charge is 2.31. The molecule has 2 aromatic rings. The van der Waals surface area contributed by atoms with E-state index in [1.807, 2.05) is 36.4 Å². The number of likely N-dealkylation sites (N-methyl/N-ethyl adjacent to an activating group) is 1. The first-order chi connectivity index (χ1) is 13.2. The molecule has 0 bridgehead atoms.